The van der Waals surface area contributed by atoms with E-state index in [1.54, 1.807) is 13.8 Å². The van der Waals surface area contributed by atoms with Crippen LogP contribution in [0.2, 0.25) is 0 Å². The lowest BCUT2D eigenvalue weighted by Gasteiger charge is -2.14. The van der Waals surface area contributed by atoms with Gasteiger partial charge in [-0.3, -0.25) is 10.1 Å². The van der Waals surface area contributed by atoms with Gasteiger partial charge in [-0.1, -0.05) is 12.0 Å². The average molecular weight is 395 g/mol. The zero-order valence-corrected chi connectivity index (χ0v) is 15.9. The van der Waals surface area contributed by atoms with E-state index >= 15 is 0 Å². The summed E-state index contributed by atoms with van der Waals surface area (Å²) in [6, 6.07) is 4.16. The van der Waals surface area contributed by atoms with E-state index in [0.29, 0.717) is 0 Å². The maximum absolute atomic E-state index is 12.2. The van der Waals surface area contributed by atoms with E-state index in [-0.39, 0.29) is 23.0 Å². The number of imide groups is 1. The first-order chi connectivity index (χ1) is 12.6. The molecule has 0 heterocycles. The molecule has 0 aliphatic rings. The number of amides is 3. The molecule has 0 saturated heterocycles. The van der Waals surface area contributed by atoms with Gasteiger partial charge in [0.15, 0.2) is 6.10 Å². The summed E-state index contributed by atoms with van der Waals surface area (Å²) in [6.45, 7) is 4.51. The molecule has 0 saturated carbocycles. The highest BCUT2D eigenvalue weighted by Crippen LogP contribution is 2.13. The van der Waals surface area contributed by atoms with Crippen molar-refractivity contribution >= 4 is 27.9 Å². The third-order valence-electron chi connectivity index (χ3n) is 3.05. The van der Waals surface area contributed by atoms with Crippen LogP contribution in [0.3, 0.4) is 0 Å². The Morgan fingerprint density at radius 3 is 2.48 bits per heavy atom. The highest BCUT2D eigenvalue weighted by atomic mass is 32.2. The number of nitrogens with one attached hydrogen (secondary N) is 3. The number of terminal acetylenes is 1. The highest BCUT2D eigenvalue weighted by molar-refractivity contribution is 7.89. The molecular formula is C17H21N3O6S. The molecule has 0 aromatic heterocycles. The largest absolute Gasteiger partial charge is 0.449 e. The van der Waals surface area contributed by atoms with Gasteiger partial charge < -0.3 is 10.1 Å². The van der Waals surface area contributed by atoms with Gasteiger partial charge in [0.25, 0.3) is 5.91 Å². The van der Waals surface area contributed by atoms with Gasteiger partial charge in [0, 0.05) is 6.04 Å². The molecule has 27 heavy (non-hydrogen) atoms. The molecule has 0 bridgehead atoms. The first-order valence-corrected chi connectivity index (χ1v) is 9.40. The Morgan fingerprint density at radius 1 is 1.22 bits per heavy atom. The first kappa shape index (κ1) is 22.1. The van der Waals surface area contributed by atoms with E-state index in [2.05, 4.69) is 16.0 Å². The van der Waals surface area contributed by atoms with Crippen molar-refractivity contribution in [2.24, 2.45) is 0 Å². The Kier molecular flexibility index (Phi) is 7.96. The summed E-state index contributed by atoms with van der Waals surface area (Å²) in [5.41, 5.74) is -0.0788. The molecule has 1 atom stereocenters. The Hall–Kier alpha value is -2.90. The third kappa shape index (κ3) is 7.08. The second-order valence-corrected chi connectivity index (χ2v) is 7.49. The number of rotatable bonds is 7. The average Bonchev–Trinajstić information content (AvgIpc) is 2.59. The molecule has 1 aromatic carbocycles. The molecule has 0 aliphatic carbocycles. The van der Waals surface area contributed by atoms with Gasteiger partial charge in [-0.2, -0.15) is 4.72 Å². The summed E-state index contributed by atoms with van der Waals surface area (Å²) in [5.74, 6) is 0.399. The summed E-state index contributed by atoms with van der Waals surface area (Å²) in [6.07, 6.45) is 3.75. The Labute approximate surface area is 157 Å². The lowest BCUT2D eigenvalue weighted by atomic mass is 10.2. The normalized spacial score (nSPS) is 12.0. The van der Waals surface area contributed by atoms with Crippen molar-refractivity contribution in [1.29, 1.82) is 0 Å². The molecule has 1 rings (SSSR count). The molecule has 146 valence electrons. The van der Waals surface area contributed by atoms with E-state index in [4.69, 9.17) is 11.2 Å². The van der Waals surface area contributed by atoms with Crippen LogP contribution < -0.4 is 15.4 Å². The van der Waals surface area contributed by atoms with Crippen molar-refractivity contribution in [1.82, 2.24) is 15.4 Å². The Morgan fingerprint density at radius 2 is 1.89 bits per heavy atom. The lowest BCUT2D eigenvalue weighted by Crippen LogP contribution is -2.46. The van der Waals surface area contributed by atoms with Crippen LogP contribution in [0.5, 0.6) is 0 Å². The molecule has 0 fully saturated rings. The molecule has 3 amide bonds. The van der Waals surface area contributed by atoms with Crippen molar-refractivity contribution in [3.8, 4) is 12.3 Å². The van der Waals surface area contributed by atoms with Gasteiger partial charge in [0.05, 0.1) is 17.0 Å². The number of hydrogen-bond acceptors (Lipinski definition) is 6. The fourth-order valence-electron chi connectivity index (χ4n) is 1.80. The second kappa shape index (κ2) is 9.70. The minimum atomic E-state index is -3.88. The van der Waals surface area contributed by atoms with E-state index in [1.807, 2.05) is 5.32 Å². The smallest absolute Gasteiger partial charge is 0.338 e. The minimum Gasteiger partial charge on any atom is -0.449 e. The predicted octanol–water partition coefficient (Wildman–Crippen LogP) is 0.378. The molecule has 1 unspecified atom stereocenters. The minimum absolute atomic E-state index is 0.0788. The zero-order valence-electron chi connectivity index (χ0n) is 15.1. The van der Waals surface area contributed by atoms with E-state index in [9.17, 15) is 22.8 Å². The lowest BCUT2D eigenvalue weighted by molar-refractivity contribution is -0.127. The zero-order chi connectivity index (χ0) is 20.6. The van der Waals surface area contributed by atoms with Gasteiger partial charge in [-0.25, -0.2) is 18.0 Å². The number of hydrogen-bond donors (Lipinski definition) is 3. The first-order valence-electron chi connectivity index (χ1n) is 7.92. The molecule has 0 radical (unpaired) electrons. The van der Waals surface area contributed by atoms with Gasteiger partial charge in [0.2, 0.25) is 10.0 Å². The second-order valence-electron chi connectivity index (χ2n) is 5.72. The van der Waals surface area contributed by atoms with Crippen molar-refractivity contribution < 1.29 is 27.5 Å². The van der Waals surface area contributed by atoms with E-state index in [0.717, 1.165) is 6.07 Å². The van der Waals surface area contributed by atoms with Crippen LogP contribution in [-0.4, -0.2) is 45.0 Å². The number of sulfonamides is 1. The van der Waals surface area contributed by atoms with Crippen molar-refractivity contribution in [2.75, 3.05) is 6.54 Å². The van der Waals surface area contributed by atoms with Gasteiger partial charge in [0.1, 0.15) is 0 Å². The van der Waals surface area contributed by atoms with Crippen LogP contribution >= 0.6 is 0 Å². The Balaban J connectivity index is 2.80. The molecule has 1 aromatic rings. The van der Waals surface area contributed by atoms with Crippen molar-refractivity contribution in [3.63, 3.8) is 0 Å². The maximum atomic E-state index is 12.2. The molecular weight excluding hydrogens is 374 g/mol. The summed E-state index contributed by atoms with van der Waals surface area (Å²) in [4.78, 5) is 35.4. The molecule has 10 heteroatoms. The van der Waals surface area contributed by atoms with Crippen LogP contribution in [0, 0.1) is 12.3 Å². The monoisotopic (exact) mass is 395 g/mol. The topological polar surface area (TPSA) is 131 Å². The number of carbonyl (C=O) groups excluding carboxylic acids is 3. The summed E-state index contributed by atoms with van der Waals surface area (Å²) in [5, 5.41) is 4.49. The molecule has 9 nitrogen and oxygen atoms in total. The summed E-state index contributed by atoms with van der Waals surface area (Å²) < 4.78 is 31.2. The summed E-state index contributed by atoms with van der Waals surface area (Å²) >= 11 is 0. The van der Waals surface area contributed by atoms with Gasteiger partial charge in [-0.05, 0) is 39.0 Å². The third-order valence-corrected chi connectivity index (χ3v) is 4.45. The number of benzene rings is 1. The Bertz CT molecular complexity index is 858. The summed E-state index contributed by atoms with van der Waals surface area (Å²) in [7, 11) is -3.88. The fraction of sp³-hybridized carbons (Fsp3) is 0.353. The van der Waals surface area contributed by atoms with Crippen LogP contribution in [-0.2, 0) is 19.6 Å². The van der Waals surface area contributed by atoms with Gasteiger partial charge >= 0.3 is 12.0 Å². The van der Waals surface area contributed by atoms with E-state index in [1.165, 1.54) is 25.1 Å². The number of urea groups is 1. The quantitative estimate of drug-likeness (QED) is 0.452. The molecule has 0 aliphatic heterocycles. The highest BCUT2D eigenvalue weighted by Gasteiger charge is 2.22. The fourth-order valence-corrected chi connectivity index (χ4v) is 2.78. The van der Waals surface area contributed by atoms with Crippen molar-refractivity contribution in [2.45, 2.75) is 37.8 Å². The van der Waals surface area contributed by atoms with Crippen LogP contribution in [0.1, 0.15) is 31.1 Å². The SMILES string of the molecule is C#CCNS(=O)(=O)c1cccc(C(=O)OC(C)C(=O)NC(=O)NC(C)C)c1. The standard InChI is InChI=1S/C17H21N3O6S/c1-5-9-18-27(24,25)14-8-6-7-13(10-14)16(22)26-12(4)15(21)20-17(23)19-11(2)3/h1,6-8,10-12,18H,9H2,2-4H3,(H2,19,20,21,23). The van der Waals surface area contributed by atoms with Crippen molar-refractivity contribution in [3.05, 3.63) is 29.8 Å². The number of esters is 1. The predicted molar refractivity (Wildman–Crippen MR) is 97.2 cm³/mol. The molecule has 3 N–H and O–H groups in total. The van der Waals surface area contributed by atoms with Crippen LogP contribution in [0.25, 0.3) is 0 Å². The van der Waals surface area contributed by atoms with Crippen LogP contribution in [0.15, 0.2) is 29.2 Å². The van der Waals surface area contributed by atoms with Gasteiger partial charge in [-0.15, -0.1) is 6.42 Å². The number of ether oxygens (including phenoxy) is 1. The van der Waals surface area contributed by atoms with E-state index < -0.39 is 34.0 Å². The number of carbonyl (C=O) groups is 3. The maximum Gasteiger partial charge on any atom is 0.338 e. The van der Waals surface area contributed by atoms with Crippen LogP contribution in [0.4, 0.5) is 4.79 Å². The molecule has 0 spiro atoms.